The van der Waals surface area contributed by atoms with Crippen LogP contribution in [0.5, 0.6) is 0 Å². The van der Waals surface area contributed by atoms with Crippen LogP contribution < -0.4 is 5.32 Å². The van der Waals surface area contributed by atoms with Crippen LogP contribution in [-0.4, -0.2) is 45.8 Å². The summed E-state index contributed by atoms with van der Waals surface area (Å²) in [5, 5.41) is 20.2. The van der Waals surface area contributed by atoms with Crippen LogP contribution in [0.3, 0.4) is 0 Å². The van der Waals surface area contributed by atoms with Crippen molar-refractivity contribution in [3.63, 3.8) is 0 Å². The van der Waals surface area contributed by atoms with Crippen LogP contribution in [-0.2, 0) is 4.79 Å². The molecule has 1 fully saturated rings. The first-order chi connectivity index (χ1) is 9.79. The molecule has 0 saturated carbocycles. The Hall–Kier alpha value is -2.29. The van der Waals surface area contributed by atoms with Crippen LogP contribution in [0.2, 0.25) is 0 Å². The number of carbonyl (C=O) groups is 2. The van der Waals surface area contributed by atoms with Crippen molar-refractivity contribution in [3.05, 3.63) is 29.6 Å². The molecule has 21 heavy (non-hydrogen) atoms. The fourth-order valence-electron chi connectivity index (χ4n) is 2.11. The Morgan fingerprint density at radius 2 is 1.95 bits per heavy atom. The zero-order chi connectivity index (χ0) is 15.7. The number of carboxylic acid groups (broad SMARTS) is 1. The number of benzene rings is 1. The molecule has 1 heterocycles. The lowest BCUT2D eigenvalue weighted by Gasteiger charge is -2.21. The van der Waals surface area contributed by atoms with E-state index in [1.807, 2.05) is 5.32 Å². The number of carboxylic acids is 1. The van der Waals surface area contributed by atoms with Crippen molar-refractivity contribution in [1.82, 2.24) is 4.90 Å². The average Bonchev–Trinajstić information content (AvgIpc) is 2.77. The van der Waals surface area contributed by atoms with Gasteiger partial charge >= 0.3 is 12.0 Å². The first-order valence-electron chi connectivity index (χ1n) is 5.92. The molecule has 0 spiro atoms. The number of aliphatic carboxylic acids is 1. The van der Waals surface area contributed by atoms with E-state index in [0.717, 1.165) is 4.90 Å². The standard InChI is InChI=1S/C12H11F3N2O4/c13-5-1-7(14)10(15)8(2-5)16-12(21)17-4-6(18)3-9(17)11(19)20/h1-2,6,9,18H,3-4H2,(H,16,21)(H,19,20)/t6-,9+/m1/s1. The van der Waals surface area contributed by atoms with Crippen LogP contribution in [0, 0.1) is 17.5 Å². The van der Waals surface area contributed by atoms with Crippen molar-refractivity contribution in [1.29, 1.82) is 0 Å². The first-order valence-corrected chi connectivity index (χ1v) is 5.92. The van der Waals surface area contributed by atoms with Crippen molar-refractivity contribution in [2.45, 2.75) is 18.6 Å². The van der Waals surface area contributed by atoms with E-state index in [2.05, 4.69) is 0 Å². The van der Waals surface area contributed by atoms with Gasteiger partial charge in [-0.1, -0.05) is 0 Å². The number of aliphatic hydroxyl groups excluding tert-OH is 1. The van der Waals surface area contributed by atoms with E-state index in [-0.39, 0.29) is 13.0 Å². The van der Waals surface area contributed by atoms with E-state index in [9.17, 15) is 27.9 Å². The molecule has 2 atom stereocenters. The van der Waals surface area contributed by atoms with Crippen LogP contribution >= 0.6 is 0 Å². The molecule has 1 aromatic rings. The Morgan fingerprint density at radius 3 is 2.57 bits per heavy atom. The van der Waals surface area contributed by atoms with Crippen LogP contribution in [0.4, 0.5) is 23.7 Å². The Morgan fingerprint density at radius 1 is 1.29 bits per heavy atom. The summed E-state index contributed by atoms with van der Waals surface area (Å²) in [5.74, 6) is -5.38. The smallest absolute Gasteiger partial charge is 0.326 e. The molecular weight excluding hydrogens is 293 g/mol. The van der Waals surface area contributed by atoms with E-state index >= 15 is 0 Å². The van der Waals surface area contributed by atoms with Crippen molar-refractivity contribution < 1.29 is 33.0 Å². The number of anilines is 1. The van der Waals surface area contributed by atoms with E-state index in [1.54, 1.807) is 0 Å². The molecule has 0 bridgehead atoms. The normalized spacial score (nSPS) is 21.4. The summed E-state index contributed by atoms with van der Waals surface area (Å²) in [4.78, 5) is 23.6. The number of likely N-dealkylation sites (tertiary alicyclic amines) is 1. The van der Waals surface area contributed by atoms with Gasteiger partial charge < -0.3 is 20.4 Å². The second kappa shape index (κ2) is 5.60. The van der Waals surface area contributed by atoms with Gasteiger partial charge in [0, 0.05) is 25.1 Å². The van der Waals surface area contributed by atoms with E-state index in [4.69, 9.17) is 5.11 Å². The fraction of sp³-hybridized carbons (Fsp3) is 0.333. The topological polar surface area (TPSA) is 89.9 Å². The Labute approximate surface area is 116 Å². The lowest BCUT2D eigenvalue weighted by Crippen LogP contribution is -2.43. The molecular formula is C12H11F3N2O4. The van der Waals surface area contributed by atoms with Gasteiger partial charge in [-0.25, -0.2) is 22.8 Å². The maximum absolute atomic E-state index is 13.4. The molecule has 3 N–H and O–H groups in total. The molecule has 0 aliphatic carbocycles. The molecule has 1 aliphatic heterocycles. The highest BCUT2D eigenvalue weighted by Gasteiger charge is 2.39. The minimum absolute atomic E-state index is 0.178. The third kappa shape index (κ3) is 3.07. The third-order valence-electron chi connectivity index (χ3n) is 3.06. The van der Waals surface area contributed by atoms with Gasteiger partial charge in [-0.2, -0.15) is 0 Å². The Kier molecular flexibility index (Phi) is 4.03. The molecule has 114 valence electrons. The molecule has 0 aromatic heterocycles. The molecule has 6 nitrogen and oxygen atoms in total. The summed E-state index contributed by atoms with van der Waals surface area (Å²) < 4.78 is 39.4. The summed E-state index contributed by atoms with van der Waals surface area (Å²) in [7, 11) is 0. The highest BCUT2D eigenvalue weighted by Crippen LogP contribution is 2.23. The van der Waals surface area contributed by atoms with Gasteiger partial charge in [0.15, 0.2) is 11.6 Å². The maximum atomic E-state index is 13.4. The largest absolute Gasteiger partial charge is 0.480 e. The molecule has 2 rings (SSSR count). The number of halogens is 3. The van der Waals surface area contributed by atoms with E-state index in [0.29, 0.717) is 12.1 Å². The second-order valence-electron chi connectivity index (χ2n) is 4.58. The fourth-order valence-corrected chi connectivity index (χ4v) is 2.11. The number of nitrogens with zero attached hydrogens (tertiary/aromatic N) is 1. The summed E-state index contributed by atoms with van der Waals surface area (Å²) in [6.07, 6.45) is -1.21. The van der Waals surface area contributed by atoms with Gasteiger partial charge in [0.2, 0.25) is 0 Å². The molecule has 1 aliphatic rings. The Balaban J connectivity index is 2.20. The van der Waals surface area contributed by atoms with Crippen LogP contribution in [0.15, 0.2) is 12.1 Å². The molecule has 9 heteroatoms. The summed E-state index contributed by atoms with van der Waals surface area (Å²) in [6, 6.07) is -1.48. The van der Waals surface area contributed by atoms with Gasteiger partial charge in [-0.3, -0.25) is 0 Å². The van der Waals surface area contributed by atoms with Gasteiger partial charge in [-0.15, -0.1) is 0 Å². The highest BCUT2D eigenvalue weighted by atomic mass is 19.2. The van der Waals surface area contributed by atoms with Crippen LogP contribution in [0.25, 0.3) is 0 Å². The van der Waals surface area contributed by atoms with Crippen molar-refractivity contribution >= 4 is 17.7 Å². The number of carbonyl (C=O) groups excluding carboxylic acids is 1. The lowest BCUT2D eigenvalue weighted by molar-refractivity contribution is -0.141. The SMILES string of the molecule is O=C(O)[C@@H]1C[C@@H](O)CN1C(=O)Nc1cc(F)cc(F)c1F. The van der Waals surface area contributed by atoms with Gasteiger partial charge in [-0.05, 0) is 0 Å². The number of aliphatic hydroxyl groups is 1. The number of amides is 2. The van der Waals surface area contributed by atoms with Crippen molar-refractivity contribution in [2.24, 2.45) is 0 Å². The zero-order valence-corrected chi connectivity index (χ0v) is 10.5. The van der Waals surface area contributed by atoms with Gasteiger partial charge in [0.25, 0.3) is 0 Å². The number of nitrogens with one attached hydrogen (secondary N) is 1. The molecule has 0 radical (unpaired) electrons. The third-order valence-corrected chi connectivity index (χ3v) is 3.06. The Bertz CT molecular complexity index is 596. The minimum Gasteiger partial charge on any atom is -0.480 e. The first kappa shape index (κ1) is 15.1. The number of rotatable bonds is 2. The highest BCUT2D eigenvalue weighted by molar-refractivity contribution is 5.93. The van der Waals surface area contributed by atoms with E-state index in [1.165, 1.54) is 0 Å². The number of hydrogen-bond donors (Lipinski definition) is 3. The number of urea groups is 1. The maximum Gasteiger partial charge on any atom is 0.326 e. The van der Waals surface area contributed by atoms with Crippen LogP contribution in [0.1, 0.15) is 6.42 Å². The van der Waals surface area contributed by atoms with Crippen molar-refractivity contribution in [2.75, 3.05) is 11.9 Å². The summed E-state index contributed by atoms with van der Waals surface area (Å²) in [5.41, 5.74) is -0.747. The van der Waals surface area contributed by atoms with Gasteiger partial charge in [0.1, 0.15) is 11.9 Å². The summed E-state index contributed by atoms with van der Waals surface area (Å²) in [6.45, 7) is -0.276. The minimum atomic E-state index is -1.48. The molecule has 0 unspecified atom stereocenters. The van der Waals surface area contributed by atoms with Gasteiger partial charge in [0.05, 0.1) is 11.8 Å². The lowest BCUT2D eigenvalue weighted by atomic mass is 10.2. The predicted molar refractivity (Wildman–Crippen MR) is 64.1 cm³/mol. The number of hydrogen-bond acceptors (Lipinski definition) is 3. The van der Waals surface area contributed by atoms with E-state index < -0.39 is 47.3 Å². The zero-order valence-electron chi connectivity index (χ0n) is 10.5. The predicted octanol–water partition coefficient (Wildman–Crippen LogP) is 1.16. The molecule has 2 amide bonds. The van der Waals surface area contributed by atoms with Crippen molar-refractivity contribution in [3.8, 4) is 0 Å². The molecule has 1 saturated heterocycles. The monoisotopic (exact) mass is 304 g/mol. The number of β-amino-alcohol motifs (C(OH)–C–C–N with tert-alkyl or cyclic N) is 1. The second-order valence-corrected chi connectivity index (χ2v) is 4.58. The average molecular weight is 304 g/mol. The molecule has 1 aromatic carbocycles. The summed E-state index contributed by atoms with van der Waals surface area (Å²) >= 11 is 0. The quantitative estimate of drug-likeness (QED) is 0.715.